The van der Waals surface area contributed by atoms with Crippen molar-refractivity contribution in [1.82, 2.24) is 5.32 Å². The van der Waals surface area contributed by atoms with Gasteiger partial charge in [-0.1, -0.05) is 18.2 Å². The Morgan fingerprint density at radius 1 is 1.33 bits per heavy atom. The number of hydrogen-bond acceptors (Lipinski definition) is 4. The van der Waals surface area contributed by atoms with Crippen LogP contribution >= 0.6 is 0 Å². The third-order valence-electron chi connectivity index (χ3n) is 2.79. The van der Waals surface area contributed by atoms with Crippen molar-refractivity contribution in [3.05, 3.63) is 35.9 Å². The minimum atomic E-state index is -0.972. The van der Waals surface area contributed by atoms with Crippen molar-refractivity contribution in [1.29, 1.82) is 0 Å². The number of benzene rings is 1. The minimum Gasteiger partial charge on any atom is -0.496 e. The Morgan fingerprint density at radius 2 is 2.05 bits per heavy atom. The Hall–Kier alpha value is -2.34. The topological polar surface area (TPSA) is 84.9 Å². The van der Waals surface area contributed by atoms with Crippen LogP contribution in [0, 0.1) is 0 Å². The molecular weight excluding hydrogens is 274 g/mol. The van der Waals surface area contributed by atoms with Gasteiger partial charge in [0.1, 0.15) is 5.75 Å². The number of carboxylic acids is 1. The highest BCUT2D eigenvalue weighted by Crippen LogP contribution is 2.18. The van der Waals surface area contributed by atoms with Crippen LogP contribution in [0.25, 0.3) is 6.08 Å². The van der Waals surface area contributed by atoms with E-state index in [1.807, 2.05) is 18.2 Å². The molecule has 0 saturated carbocycles. The van der Waals surface area contributed by atoms with Gasteiger partial charge in [-0.25, -0.2) is 0 Å². The van der Waals surface area contributed by atoms with Gasteiger partial charge < -0.3 is 19.9 Å². The van der Waals surface area contributed by atoms with E-state index in [0.29, 0.717) is 5.75 Å². The van der Waals surface area contributed by atoms with Crippen LogP contribution in [0.4, 0.5) is 0 Å². The lowest BCUT2D eigenvalue weighted by Crippen LogP contribution is -2.33. The van der Waals surface area contributed by atoms with Crippen LogP contribution in [-0.4, -0.2) is 43.9 Å². The molecule has 1 atom stereocenters. The lowest BCUT2D eigenvalue weighted by Gasteiger charge is -2.12. The van der Waals surface area contributed by atoms with Crippen molar-refractivity contribution in [3.63, 3.8) is 0 Å². The summed E-state index contributed by atoms with van der Waals surface area (Å²) in [6, 6.07) is 7.30. The lowest BCUT2D eigenvalue weighted by molar-refractivity contribution is -0.140. The SMILES string of the molecule is COc1ccccc1/C=C/C(=O)NCC(CC(=O)O)OC. The standard InChI is InChI=1S/C15H19NO5/c1-20-12(9-15(18)19)10-16-14(17)8-7-11-5-3-4-6-13(11)21-2/h3-8,12H,9-10H2,1-2H3,(H,16,17)(H,18,19)/b8-7+. The minimum absolute atomic E-state index is 0.137. The van der Waals surface area contributed by atoms with Gasteiger partial charge in [-0.05, 0) is 12.1 Å². The van der Waals surface area contributed by atoms with Gasteiger partial charge in [-0.2, -0.15) is 0 Å². The molecular formula is C15H19NO5. The molecule has 0 saturated heterocycles. The fourth-order valence-electron chi connectivity index (χ4n) is 1.68. The van der Waals surface area contributed by atoms with Crippen LogP contribution in [-0.2, 0) is 14.3 Å². The van der Waals surface area contributed by atoms with Crippen LogP contribution < -0.4 is 10.1 Å². The van der Waals surface area contributed by atoms with Gasteiger partial charge in [0.2, 0.25) is 5.91 Å². The van der Waals surface area contributed by atoms with Gasteiger partial charge in [0.25, 0.3) is 0 Å². The maximum absolute atomic E-state index is 11.7. The number of carbonyl (C=O) groups excluding carboxylic acids is 1. The molecule has 21 heavy (non-hydrogen) atoms. The Kier molecular flexibility index (Phi) is 6.97. The van der Waals surface area contributed by atoms with E-state index in [2.05, 4.69) is 5.32 Å². The Morgan fingerprint density at radius 3 is 2.67 bits per heavy atom. The van der Waals surface area contributed by atoms with E-state index >= 15 is 0 Å². The van der Waals surface area contributed by atoms with Crippen LogP contribution in [0.3, 0.4) is 0 Å². The average molecular weight is 293 g/mol. The van der Waals surface area contributed by atoms with Gasteiger partial charge in [0.15, 0.2) is 0 Å². The summed E-state index contributed by atoms with van der Waals surface area (Å²) >= 11 is 0. The van der Waals surface area contributed by atoms with E-state index in [0.717, 1.165) is 5.56 Å². The first kappa shape index (κ1) is 16.7. The van der Waals surface area contributed by atoms with Gasteiger partial charge in [-0.3, -0.25) is 9.59 Å². The van der Waals surface area contributed by atoms with E-state index in [9.17, 15) is 9.59 Å². The zero-order chi connectivity index (χ0) is 15.7. The van der Waals surface area contributed by atoms with Crippen LogP contribution in [0.1, 0.15) is 12.0 Å². The first-order valence-corrected chi connectivity index (χ1v) is 6.40. The molecule has 2 N–H and O–H groups in total. The number of carboxylic acid groups (broad SMARTS) is 1. The maximum atomic E-state index is 11.7. The third-order valence-corrected chi connectivity index (χ3v) is 2.79. The molecule has 0 aliphatic carbocycles. The van der Waals surface area contributed by atoms with Crippen molar-refractivity contribution >= 4 is 18.0 Å². The van der Waals surface area contributed by atoms with Crippen molar-refractivity contribution in [2.45, 2.75) is 12.5 Å². The summed E-state index contributed by atoms with van der Waals surface area (Å²) < 4.78 is 10.1. The summed E-state index contributed by atoms with van der Waals surface area (Å²) in [5, 5.41) is 11.3. The summed E-state index contributed by atoms with van der Waals surface area (Å²) in [7, 11) is 2.96. The molecule has 0 spiro atoms. The summed E-state index contributed by atoms with van der Waals surface area (Å²) in [5.41, 5.74) is 0.781. The fourth-order valence-corrected chi connectivity index (χ4v) is 1.68. The van der Waals surface area contributed by atoms with Crippen molar-refractivity contribution in [2.75, 3.05) is 20.8 Å². The number of rotatable bonds is 8. The summed E-state index contributed by atoms with van der Waals surface area (Å²) in [5.74, 6) is -0.629. The fraction of sp³-hybridized carbons (Fsp3) is 0.333. The van der Waals surface area contributed by atoms with Gasteiger partial charge in [0, 0.05) is 25.3 Å². The van der Waals surface area contributed by atoms with Crippen LogP contribution in [0.5, 0.6) is 5.75 Å². The van der Waals surface area contributed by atoms with Crippen molar-refractivity contribution in [2.24, 2.45) is 0 Å². The predicted molar refractivity (Wildman–Crippen MR) is 78.1 cm³/mol. The second-order valence-corrected chi connectivity index (χ2v) is 4.28. The molecule has 0 radical (unpaired) electrons. The number of ether oxygens (including phenoxy) is 2. The molecule has 1 unspecified atom stereocenters. The number of aliphatic carboxylic acids is 1. The maximum Gasteiger partial charge on any atom is 0.306 e. The second kappa shape index (κ2) is 8.76. The molecule has 0 heterocycles. The third kappa shape index (κ3) is 6.09. The highest BCUT2D eigenvalue weighted by molar-refractivity contribution is 5.92. The molecule has 0 fully saturated rings. The Bertz CT molecular complexity index is 513. The zero-order valence-electron chi connectivity index (χ0n) is 12.0. The largest absolute Gasteiger partial charge is 0.496 e. The smallest absolute Gasteiger partial charge is 0.306 e. The number of hydrogen-bond donors (Lipinski definition) is 2. The highest BCUT2D eigenvalue weighted by Gasteiger charge is 2.12. The zero-order valence-corrected chi connectivity index (χ0v) is 12.0. The normalized spacial score (nSPS) is 12.1. The first-order chi connectivity index (χ1) is 10.1. The molecule has 1 amide bonds. The molecule has 0 aromatic heterocycles. The first-order valence-electron chi connectivity index (χ1n) is 6.40. The Balaban J connectivity index is 2.53. The molecule has 0 aliphatic rings. The van der Waals surface area contributed by atoms with E-state index in [4.69, 9.17) is 14.6 Å². The molecule has 6 heteroatoms. The van der Waals surface area contributed by atoms with Gasteiger partial charge >= 0.3 is 5.97 Å². The molecule has 114 valence electrons. The van der Waals surface area contributed by atoms with Crippen molar-refractivity contribution in [3.8, 4) is 5.75 Å². The number of carbonyl (C=O) groups is 2. The molecule has 1 aromatic rings. The van der Waals surface area contributed by atoms with E-state index in [1.165, 1.54) is 13.2 Å². The second-order valence-electron chi connectivity index (χ2n) is 4.28. The van der Waals surface area contributed by atoms with E-state index in [1.54, 1.807) is 19.3 Å². The average Bonchev–Trinajstić information content (AvgIpc) is 2.49. The predicted octanol–water partition coefficient (Wildman–Crippen LogP) is 1.31. The molecule has 1 aromatic carbocycles. The van der Waals surface area contributed by atoms with Crippen LogP contribution in [0.2, 0.25) is 0 Å². The van der Waals surface area contributed by atoms with Gasteiger partial charge in [-0.15, -0.1) is 0 Å². The van der Waals surface area contributed by atoms with Gasteiger partial charge in [0.05, 0.1) is 19.6 Å². The molecule has 6 nitrogen and oxygen atoms in total. The monoisotopic (exact) mass is 293 g/mol. The number of amides is 1. The van der Waals surface area contributed by atoms with Crippen molar-refractivity contribution < 1.29 is 24.2 Å². The summed E-state index contributed by atoms with van der Waals surface area (Å²) in [6.45, 7) is 0.137. The highest BCUT2D eigenvalue weighted by atomic mass is 16.5. The Labute approximate surface area is 123 Å². The molecule has 0 bridgehead atoms. The van der Waals surface area contributed by atoms with E-state index in [-0.39, 0.29) is 18.9 Å². The molecule has 1 rings (SSSR count). The number of para-hydroxylation sites is 1. The number of nitrogens with one attached hydrogen (secondary N) is 1. The summed E-state index contributed by atoms with van der Waals surface area (Å²) in [4.78, 5) is 22.3. The van der Waals surface area contributed by atoms with E-state index < -0.39 is 12.1 Å². The summed E-state index contributed by atoms with van der Waals surface area (Å²) in [6.07, 6.45) is 2.29. The van der Waals surface area contributed by atoms with Crippen LogP contribution in [0.15, 0.2) is 30.3 Å². The lowest BCUT2D eigenvalue weighted by atomic mass is 10.2. The molecule has 0 aliphatic heterocycles. The number of methoxy groups -OCH3 is 2. The quantitative estimate of drug-likeness (QED) is 0.706.